The molecule has 0 aromatic heterocycles. The summed E-state index contributed by atoms with van der Waals surface area (Å²) < 4.78 is 0. The maximum absolute atomic E-state index is 6.72. The number of rotatable bonds is 2. The Bertz CT molecular complexity index is 87.7. The third-order valence-corrected chi connectivity index (χ3v) is 2.06. The first-order chi connectivity index (χ1) is 3.35. The van der Waals surface area contributed by atoms with Crippen LogP contribution in [0.15, 0.2) is 11.4 Å². The highest BCUT2D eigenvalue weighted by Crippen LogP contribution is 1.78. The summed E-state index contributed by atoms with van der Waals surface area (Å²) in [7, 11) is -0.179. The lowest BCUT2D eigenvalue weighted by molar-refractivity contribution is 1.54. The van der Waals surface area contributed by atoms with E-state index >= 15 is 0 Å². The molecule has 0 aliphatic heterocycles. The van der Waals surface area contributed by atoms with Crippen molar-refractivity contribution in [1.29, 1.82) is 5.41 Å². The van der Waals surface area contributed by atoms with Crippen molar-refractivity contribution in [2.24, 2.45) is 5.73 Å². The molecular formula is C4H10N2Si. The highest BCUT2D eigenvalue weighted by molar-refractivity contribution is 6.50. The van der Waals surface area contributed by atoms with Crippen molar-refractivity contribution in [2.45, 2.75) is 6.55 Å². The molecule has 0 aromatic carbocycles. The van der Waals surface area contributed by atoms with Gasteiger partial charge in [0.05, 0.1) is 9.52 Å². The number of hydrogen-bond donors (Lipinski definition) is 2. The molecule has 0 bridgehead atoms. The van der Waals surface area contributed by atoms with Crippen molar-refractivity contribution < 1.29 is 0 Å². The van der Waals surface area contributed by atoms with E-state index in [9.17, 15) is 0 Å². The second-order valence-electron chi connectivity index (χ2n) is 1.24. The minimum atomic E-state index is -0.179. The van der Waals surface area contributed by atoms with Gasteiger partial charge < -0.3 is 11.1 Å². The molecule has 0 spiro atoms. The zero-order valence-electron chi connectivity index (χ0n) is 4.44. The largest absolute Gasteiger partial charge is 0.405 e. The molecule has 3 N–H and O–H groups in total. The summed E-state index contributed by atoms with van der Waals surface area (Å²) in [5, 5.41) is 7.74. The van der Waals surface area contributed by atoms with Gasteiger partial charge >= 0.3 is 0 Å². The topological polar surface area (TPSA) is 49.9 Å². The van der Waals surface area contributed by atoms with Gasteiger partial charge in [0.15, 0.2) is 0 Å². The van der Waals surface area contributed by atoms with Crippen molar-refractivity contribution in [3.05, 3.63) is 11.4 Å². The second-order valence-corrected chi connectivity index (χ2v) is 2.76. The quantitative estimate of drug-likeness (QED) is 0.374. The lowest BCUT2D eigenvalue weighted by atomic mass is 10.7. The van der Waals surface area contributed by atoms with E-state index in [1.807, 2.05) is 0 Å². The van der Waals surface area contributed by atoms with Crippen molar-refractivity contribution in [2.75, 3.05) is 0 Å². The van der Waals surface area contributed by atoms with Crippen LogP contribution in [0.4, 0.5) is 0 Å². The Balaban J connectivity index is 3.60. The third-order valence-electron chi connectivity index (χ3n) is 0.808. The summed E-state index contributed by atoms with van der Waals surface area (Å²) in [4.78, 5) is 0. The predicted molar refractivity (Wildman–Crippen MR) is 35.5 cm³/mol. The van der Waals surface area contributed by atoms with Gasteiger partial charge in [-0.2, -0.15) is 0 Å². The molecule has 0 aliphatic rings. The molecule has 0 radical (unpaired) electrons. The van der Waals surface area contributed by atoms with Gasteiger partial charge in [-0.15, -0.1) is 0 Å². The first-order valence-corrected chi connectivity index (χ1v) is 4.38. The molecule has 0 saturated heterocycles. The van der Waals surface area contributed by atoms with Gasteiger partial charge in [0.25, 0.3) is 0 Å². The van der Waals surface area contributed by atoms with Crippen LogP contribution in [0.1, 0.15) is 0 Å². The number of nitrogens with two attached hydrogens (primary N) is 1. The summed E-state index contributed by atoms with van der Waals surface area (Å²) in [5.74, 6) is 0. The molecule has 7 heavy (non-hydrogen) atoms. The summed E-state index contributed by atoms with van der Waals surface area (Å²) in [6.45, 7) is 2.10. The first-order valence-electron chi connectivity index (χ1n) is 2.26. The van der Waals surface area contributed by atoms with Crippen LogP contribution < -0.4 is 5.73 Å². The molecule has 40 valence electrons. The van der Waals surface area contributed by atoms with E-state index in [0.717, 1.165) is 5.20 Å². The molecule has 0 fully saturated rings. The number of nitrogens with one attached hydrogen (secondary N) is 1. The highest BCUT2D eigenvalue weighted by atomic mass is 28.2. The minimum Gasteiger partial charge on any atom is -0.405 e. The van der Waals surface area contributed by atoms with Crippen molar-refractivity contribution in [1.82, 2.24) is 0 Å². The monoisotopic (exact) mass is 114 g/mol. The van der Waals surface area contributed by atoms with Crippen LogP contribution in [0.2, 0.25) is 6.55 Å². The van der Waals surface area contributed by atoms with Crippen LogP contribution in [0.25, 0.3) is 0 Å². The Morgan fingerprint density at radius 3 is 2.43 bits per heavy atom. The molecule has 0 heterocycles. The maximum Gasteiger partial charge on any atom is 0.0555 e. The standard InChI is InChI=1S/C4H10N2Si/c1-7-4(2-5)3-6/h2-3,5H,6-7H2,1H3/b4-3+,5-2?. The van der Waals surface area contributed by atoms with Crippen LogP contribution >= 0.6 is 0 Å². The van der Waals surface area contributed by atoms with Gasteiger partial charge in [-0.3, -0.25) is 0 Å². The Kier molecular flexibility index (Phi) is 3.32. The molecule has 0 rings (SSSR count). The molecule has 0 unspecified atom stereocenters. The molecule has 0 aromatic rings. The fraction of sp³-hybridized carbons (Fsp3) is 0.250. The van der Waals surface area contributed by atoms with Gasteiger partial charge in [-0.25, -0.2) is 0 Å². The SMILES string of the molecule is C[SiH2]/C(C=N)=C/N. The predicted octanol–water partition coefficient (Wildman–Crippen LogP) is -0.347. The Labute approximate surface area is 45.7 Å². The molecule has 0 atom stereocenters. The van der Waals surface area contributed by atoms with Crippen LogP contribution in [0.3, 0.4) is 0 Å². The lowest BCUT2D eigenvalue weighted by Gasteiger charge is -1.85. The average molecular weight is 114 g/mol. The molecule has 0 saturated carbocycles. The number of hydrogen-bond acceptors (Lipinski definition) is 2. The number of allylic oxidation sites excluding steroid dienone is 1. The molecule has 2 nitrogen and oxygen atoms in total. The van der Waals surface area contributed by atoms with E-state index in [4.69, 9.17) is 11.1 Å². The summed E-state index contributed by atoms with van der Waals surface area (Å²) in [5.41, 5.74) is 5.12. The fourth-order valence-electron chi connectivity index (χ4n) is 0.268. The normalized spacial score (nSPS) is 13.0. The zero-order chi connectivity index (χ0) is 5.70. The van der Waals surface area contributed by atoms with E-state index in [0.29, 0.717) is 0 Å². The van der Waals surface area contributed by atoms with Crippen LogP contribution in [0, 0.1) is 5.41 Å². The zero-order valence-corrected chi connectivity index (χ0v) is 5.85. The first kappa shape index (κ1) is 6.43. The van der Waals surface area contributed by atoms with E-state index in [1.165, 1.54) is 12.4 Å². The van der Waals surface area contributed by atoms with E-state index in [-0.39, 0.29) is 9.52 Å². The Morgan fingerprint density at radius 2 is 2.43 bits per heavy atom. The summed E-state index contributed by atoms with van der Waals surface area (Å²) in [6, 6.07) is 0. The minimum absolute atomic E-state index is 0.179. The van der Waals surface area contributed by atoms with E-state index in [1.54, 1.807) is 0 Å². The summed E-state index contributed by atoms with van der Waals surface area (Å²) in [6.07, 6.45) is 2.84. The Morgan fingerprint density at radius 1 is 1.86 bits per heavy atom. The van der Waals surface area contributed by atoms with Gasteiger partial charge in [0.2, 0.25) is 0 Å². The van der Waals surface area contributed by atoms with Crippen LogP contribution in [0.5, 0.6) is 0 Å². The molecular weight excluding hydrogens is 104 g/mol. The lowest BCUT2D eigenvalue weighted by Crippen LogP contribution is -1.94. The smallest absolute Gasteiger partial charge is 0.0555 e. The Hall–Kier alpha value is -0.573. The van der Waals surface area contributed by atoms with E-state index < -0.39 is 0 Å². The van der Waals surface area contributed by atoms with Gasteiger partial charge in [-0.1, -0.05) is 6.55 Å². The van der Waals surface area contributed by atoms with Crippen LogP contribution in [-0.4, -0.2) is 15.7 Å². The van der Waals surface area contributed by atoms with E-state index in [2.05, 4.69) is 6.55 Å². The third kappa shape index (κ3) is 2.16. The van der Waals surface area contributed by atoms with Gasteiger partial charge in [-0.05, 0) is 11.4 Å². The van der Waals surface area contributed by atoms with Crippen molar-refractivity contribution >= 4 is 15.7 Å². The molecule has 3 heteroatoms. The van der Waals surface area contributed by atoms with Gasteiger partial charge in [0, 0.05) is 6.21 Å². The average Bonchev–Trinajstić information content (AvgIpc) is 1.72. The van der Waals surface area contributed by atoms with Crippen molar-refractivity contribution in [3.8, 4) is 0 Å². The van der Waals surface area contributed by atoms with Gasteiger partial charge in [0.1, 0.15) is 0 Å². The molecule has 0 aliphatic carbocycles. The van der Waals surface area contributed by atoms with Crippen LogP contribution in [-0.2, 0) is 0 Å². The maximum atomic E-state index is 6.72. The molecule has 0 amide bonds. The highest BCUT2D eigenvalue weighted by Gasteiger charge is 1.81. The van der Waals surface area contributed by atoms with Crippen molar-refractivity contribution in [3.63, 3.8) is 0 Å². The summed E-state index contributed by atoms with van der Waals surface area (Å²) >= 11 is 0. The second kappa shape index (κ2) is 3.61. The fourth-order valence-corrected chi connectivity index (χ4v) is 0.708.